The molecule has 1 fully saturated rings. The van der Waals surface area contributed by atoms with Crippen LogP contribution in [0.1, 0.15) is 19.8 Å². The van der Waals surface area contributed by atoms with Crippen molar-refractivity contribution in [3.8, 4) is 12.3 Å². The highest BCUT2D eigenvalue weighted by Gasteiger charge is 2.52. The molecule has 1 aliphatic carbocycles. The average molecular weight is 154 g/mol. The highest BCUT2D eigenvalue weighted by atomic mass is 16.7. The van der Waals surface area contributed by atoms with E-state index in [1.165, 1.54) is 0 Å². The van der Waals surface area contributed by atoms with Crippen molar-refractivity contribution in [1.29, 1.82) is 0 Å². The zero-order valence-corrected chi connectivity index (χ0v) is 7.31. The lowest BCUT2D eigenvalue weighted by Crippen LogP contribution is -2.52. The Morgan fingerprint density at radius 3 is 2.00 bits per heavy atom. The molecule has 0 saturated heterocycles. The summed E-state index contributed by atoms with van der Waals surface area (Å²) in [5.41, 5.74) is -0.0218. The van der Waals surface area contributed by atoms with Crippen LogP contribution >= 0.6 is 0 Å². The summed E-state index contributed by atoms with van der Waals surface area (Å²) >= 11 is 0. The molecule has 62 valence electrons. The number of hydrogen-bond acceptors (Lipinski definition) is 2. The molecule has 0 atom stereocenters. The molecular formula is C9H14O2. The summed E-state index contributed by atoms with van der Waals surface area (Å²) in [6.45, 7) is 2.04. The first-order valence-electron chi connectivity index (χ1n) is 3.68. The van der Waals surface area contributed by atoms with Gasteiger partial charge in [-0.05, 0) is 6.92 Å². The summed E-state index contributed by atoms with van der Waals surface area (Å²) < 4.78 is 10.4. The van der Waals surface area contributed by atoms with Crippen LogP contribution in [0.5, 0.6) is 0 Å². The van der Waals surface area contributed by atoms with Crippen molar-refractivity contribution < 1.29 is 9.47 Å². The fourth-order valence-corrected chi connectivity index (χ4v) is 1.61. The highest BCUT2D eigenvalue weighted by Crippen LogP contribution is 2.49. The van der Waals surface area contributed by atoms with Gasteiger partial charge in [-0.3, -0.25) is 0 Å². The second-order valence-corrected chi connectivity index (χ2v) is 3.38. The van der Waals surface area contributed by atoms with E-state index in [9.17, 15) is 0 Å². The minimum absolute atomic E-state index is 0.0218. The Morgan fingerprint density at radius 1 is 1.27 bits per heavy atom. The Morgan fingerprint density at radius 2 is 1.73 bits per heavy atom. The predicted molar refractivity (Wildman–Crippen MR) is 42.9 cm³/mol. The maximum absolute atomic E-state index is 5.34. The lowest BCUT2D eigenvalue weighted by Gasteiger charge is -2.49. The van der Waals surface area contributed by atoms with Crippen LogP contribution in [-0.2, 0) is 9.47 Å². The van der Waals surface area contributed by atoms with Gasteiger partial charge in [-0.15, -0.1) is 6.42 Å². The normalized spacial score (nSPS) is 25.3. The Balaban J connectivity index is 2.56. The van der Waals surface area contributed by atoms with E-state index in [0.29, 0.717) is 0 Å². The van der Waals surface area contributed by atoms with Crippen molar-refractivity contribution in [3.05, 3.63) is 0 Å². The Kier molecular flexibility index (Phi) is 1.96. The first-order chi connectivity index (χ1) is 5.10. The Bertz CT molecular complexity index is 178. The molecule has 0 radical (unpaired) electrons. The Hall–Kier alpha value is -0.520. The number of methoxy groups -OCH3 is 2. The lowest BCUT2D eigenvalue weighted by atomic mass is 9.66. The zero-order chi connectivity index (χ0) is 8.54. The van der Waals surface area contributed by atoms with E-state index in [0.717, 1.165) is 12.8 Å². The number of rotatable bonds is 2. The van der Waals surface area contributed by atoms with Crippen molar-refractivity contribution in [2.24, 2.45) is 5.41 Å². The summed E-state index contributed by atoms with van der Waals surface area (Å²) in [5.74, 6) is 2.34. The molecule has 0 amide bonds. The van der Waals surface area contributed by atoms with Crippen LogP contribution in [0.2, 0.25) is 0 Å². The fraction of sp³-hybridized carbons (Fsp3) is 0.778. The Labute approximate surface area is 67.9 Å². The van der Waals surface area contributed by atoms with E-state index in [2.05, 4.69) is 5.92 Å². The van der Waals surface area contributed by atoms with E-state index in [1.54, 1.807) is 14.2 Å². The van der Waals surface area contributed by atoms with E-state index in [1.807, 2.05) is 6.92 Å². The largest absolute Gasteiger partial charge is 0.353 e. The van der Waals surface area contributed by atoms with Crippen LogP contribution in [0.25, 0.3) is 0 Å². The van der Waals surface area contributed by atoms with Crippen molar-refractivity contribution in [2.45, 2.75) is 25.6 Å². The number of ether oxygens (including phenoxy) is 2. The van der Waals surface area contributed by atoms with Gasteiger partial charge in [-0.1, -0.05) is 5.92 Å². The first kappa shape index (κ1) is 8.58. The van der Waals surface area contributed by atoms with Gasteiger partial charge < -0.3 is 9.47 Å². The molecule has 0 spiro atoms. The first-order valence-corrected chi connectivity index (χ1v) is 3.68. The lowest BCUT2D eigenvalue weighted by molar-refractivity contribution is -0.281. The van der Waals surface area contributed by atoms with Crippen LogP contribution < -0.4 is 0 Å². The summed E-state index contributed by atoms with van der Waals surface area (Å²) in [5, 5.41) is 0. The fourth-order valence-electron chi connectivity index (χ4n) is 1.61. The van der Waals surface area contributed by atoms with Gasteiger partial charge in [0.2, 0.25) is 0 Å². The number of terminal acetylenes is 1. The molecule has 1 rings (SSSR count). The van der Waals surface area contributed by atoms with Crippen LogP contribution in [-0.4, -0.2) is 20.0 Å². The smallest absolute Gasteiger partial charge is 0.170 e. The van der Waals surface area contributed by atoms with Crippen LogP contribution in [0.3, 0.4) is 0 Å². The van der Waals surface area contributed by atoms with E-state index < -0.39 is 5.79 Å². The minimum atomic E-state index is -0.402. The quantitative estimate of drug-likeness (QED) is 0.442. The molecule has 2 heteroatoms. The molecule has 0 N–H and O–H groups in total. The molecule has 0 bridgehead atoms. The van der Waals surface area contributed by atoms with Gasteiger partial charge in [-0.25, -0.2) is 0 Å². The molecule has 11 heavy (non-hydrogen) atoms. The van der Waals surface area contributed by atoms with Crippen LogP contribution in [0.4, 0.5) is 0 Å². The monoisotopic (exact) mass is 154 g/mol. The minimum Gasteiger partial charge on any atom is -0.353 e. The van der Waals surface area contributed by atoms with Gasteiger partial charge in [0.1, 0.15) is 0 Å². The molecule has 0 unspecified atom stereocenters. The molecule has 2 nitrogen and oxygen atoms in total. The predicted octanol–water partition coefficient (Wildman–Crippen LogP) is 1.41. The van der Waals surface area contributed by atoms with Gasteiger partial charge in [-0.2, -0.15) is 0 Å². The molecular weight excluding hydrogens is 140 g/mol. The van der Waals surface area contributed by atoms with Gasteiger partial charge in [0, 0.05) is 32.5 Å². The van der Waals surface area contributed by atoms with Gasteiger partial charge in [0.15, 0.2) is 5.79 Å². The standard InChI is InChI=1S/C9H14O2/c1-5-8(2)6-9(7-8,10-3)11-4/h1H,6-7H2,2-4H3. The molecule has 0 heterocycles. The van der Waals surface area contributed by atoms with E-state index >= 15 is 0 Å². The molecule has 1 saturated carbocycles. The third kappa shape index (κ3) is 1.26. The summed E-state index contributed by atoms with van der Waals surface area (Å²) in [4.78, 5) is 0. The highest BCUT2D eigenvalue weighted by molar-refractivity contribution is 5.14. The van der Waals surface area contributed by atoms with Crippen molar-refractivity contribution in [3.63, 3.8) is 0 Å². The average Bonchev–Trinajstić information content (AvgIpc) is 1.98. The molecule has 0 aromatic rings. The molecule has 1 aliphatic rings. The van der Waals surface area contributed by atoms with Crippen molar-refractivity contribution >= 4 is 0 Å². The second kappa shape index (κ2) is 2.51. The maximum atomic E-state index is 5.34. The number of hydrogen-bond donors (Lipinski definition) is 0. The van der Waals surface area contributed by atoms with Crippen LogP contribution in [0.15, 0.2) is 0 Å². The molecule has 0 aromatic carbocycles. The summed E-state index contributed by atoms with van der Waals surface area (Å²) in [6, 6.07) is 0. The summed E-state index contributed by atoms with van der Waals surface area (Å²) in [7, 11) is 3.30. The maximum Gasteiger partial charge on any atom is 0.170 e. The topological polar surface area (TPSA) is 18.5 Å². The zero-order valence-electron chi connectivity index (χ0n) is 7.31. The third-order valence-corrected chi connectivity index (χ3v) is 2.41. The molecule has 0 aliphatic heterocycles. The van der Waals surface area contributed by atoms with E-state index in [-0.39, 0.29) is 5.41 Å². The van der Waals surface area contributed by atoms with Crippen molar-refractivity contribution in [2.75, 3.05) is 14.2 Å². The van der Waals surface area contributed by atoms with Crippen molar-refractivity contribution in [1.82, 2.24) is 0 Å². The second-order valence-electron chi connectivity index (χ2n) is 3.38. The SMILES string of the molecule is C#CC1(C)CC(OC)(OC)C1. The third-order valence-electron chi connectivity index (χ3n) is 2.41. The van der Waals surface area contributed by atoms with Crippen LogP contribution in [0, 0.1) is 17.8 Å². The van der Waals surface area contributed by atoms with Gasteiger partial charge >= 0.3 is 0 Å². The van der Waals surface area contributed by atoms with Gasteiger partial charge in [0.05, 0.1) is 0 Å². The summed E-state index contributed by atoms with van der Waals surface area (Å²) in [6.07, 6.45) is 6.93. The van der Waals surface area contributed by atoms with Gasteiger partial charge in [0.25, 0.3) is 0 Å². The van der Waals surface area contributed by atoms with E-state index in [4.69, 9.17) is 15.9 Å². The molecule has 0 aromatic heterocycles.